The molecule has 2 heteroatoms. The summed E-state index contributed by atoms with van der Waals surface area (Å²) in [4.78, 5) is 0. The van der Waals surface area contributed by atoms with Gasteiger partial charge in [0.15, 0.2) is 0 Å². The van der Waals surface area contributed by atoms with Crippen molar-refractivity contribution in [2.75, 3.05) is 11.5 Å². The van der Waals surface area contributed by atoms with Crippen LogP contribution in [0, 0.1) is 0 Å². The van der Waals surface area contributed by atoms with E-state index in [-0.39, 0.29) is 0 Å². The summed E-state index contributed by atoms with van der Waals surface area (Å²) in [5.41, 5.74) is 1.50. The zero-order valence-electron chi connectivity index (χ0n) is 7.50. The van der Waals surface area contributed by atoms with Crippen LogP contribution in [0.15, 0.2) is 28.7 Å². The van der Waals surface area contributed by atoms with Crippen molar-refractivity contribution in [2.24, 2.45) is 0 Å². The van der Waals surface area contributed by atoms with E-state index in [9.17, 15) is 0 Å². The van der Waals surface area contributed by atoms with Gasteiger partial charge in [-0.1, -0.05) is 34.1 Å². The number of hydrogen-bond acceptors (Lipinski definition) is 1. The molecule has 1 aliphatic heterocycles. The highest BCUT2D eigenvalue weighted by molar-refractivity contribution is 9.10. The number of thioether (sulfide) groups is 1. The van der Waals surface area contributed by atoms with Gasteiger partial charge in [-0.05, 0) is 36.1 Å². The van der Waals surface area contributed by atoms with Crippen LogP contribution in [-0.2, 0) is 0 Å². The molecule has 0 amide bonds. The third kappa shape index (κ3) is 2.29. The maximum atomic E-state index is 3.62. The summed E-state index contributed by atoms with van der Waals surface area (Å²) in [6, 6.07) is 8.62. The van der Waals surface area contributed by atoms with Crippen LogP contribution in [0.1, 0.15) is 24.3 Å². The fourth-order valence-electron chi connectivity index (χ4n) is 1.79. The van der Waals surface area contributed by atoms with Crippen molar-refractivity contribution in [2.45, 2.75) is 18.8 Å². The standard InChI is InChI=1S/C11H13BrS/c12-11-6-2-1-5-10(11)9-4-3-7-13-8-9/h1-2,5-6,9H,3-4,7-8H2. The summed E-state index contributed by atoms with van der Waals surface area (Å²) in [7, 11) is 0. The van der Waals surface area contributed by atoms with E-state index in [1.807, 2.05) is 0 Å². The molecule has 1 aromatic rings. The number of rotatable bonds is 1. The topological polar surface area (TPSA) is 0 Å². The predicted molar refractivity (Wildman–Crippen MR) is 63.4 cm³/mol. The van der Waals surface area contributed by atoms with Crippen LogP contribution in [0.5, 0.6) is 0 Å². The maximum absolute atomic E-state index is 3.62. The smallest absolute Gasteiger partial charge is 0.0210 e. The summed E-state index contributed by atoms with van der Waals surface area (Å²) in [6.07, 6.45) is 2.73. The van der Waals surface area contributed by atoms with E-state index in [1.54, 1.807) is 0 Å². The first-order chi connectivity index (χ1) is 6.38. The molecule has 0 nitrogen and oxygen atoms in total. The molecule has 0 radical (unpaired) electrons. The number of hydrogen-bond donors (Lipinski definition) is 0. The zero-order chi connectivity index (χ0) is 9.10. The SMILES string of the molecule is Brc1ccccc1C1CCCSC1. The summed E-state index contributed by atoms with van der Waals surface area (Å²) >= 11 is 5.71. The Morgan fingerprint density at radius 1 is 1.31 bits per heavy atom. The second-order valence-electron chi connectivity index (χ2n) is 3.44. The van der Waals surface area contributed by atoms with Crippen molar-refractivity contribution in [1.82, 2.24) is 0 Å². The molecule has 1 atom stereocenters. The van der Waals surface area contributed by atoms with Gasteiger partial charge in [0.25, 0.3) is 0 Å². The zero-order valence-corrected chi connectivity index (χ0v) is 9.90. The van der Waals surface area contributed by atoms with Gasteiger partial charge in [0.05, 0.1) is 0 Å². The van der Waals surface area contributed by atoms with E-state index >= 15 is 0 Å². The highest BCUT2D eigenvalue weighted by Crippen LogP contribution is 2.34. The van der Waals surface area contributed by atoms with Gasteiger partial charge in [0.1, 0.15) is 0 Å². The van der Waals surface area contributed by atoms with Gasteiger partial charge in [-0.15, -0.1) is 0 Å². The van der Waals surface area contributed by atoms with Gasteiger partial charge < -0.3 is 0 Å². The maximum Gasteiger partial charge on any atom is 0.0210 e. The Bertz CT molecular complexity index is 279. The molecule has 0 saturated carbocycles. The Morgan fingerprint density at radius 3 is 2.85 bits per heavy atom. The first kappa shape index (κ1) is 9.60. The van der Waals surface area contributed by atoms with Crippen LogP contribution >= 0.6 is 27.7 Å². The molecule has 0 N–H and O–H groups in total. The van der Waals surface area contributed by atoms with E-state index in [0.717, 1.165) is 5.92 Å². The van der Waals surface area contributed by atoms with Crippen LogP contribution in [0.25, 0.3) is 0 Å². The monoisotopic (exact) mass is 256 g/mol. The Kier molecular flexibility index (Phi) is 3.33. The van der Waals surface area contributed by atoms with E-state index in [1.165, 1.54) is 34.4 Å². The lowest BCUT2D eigenvalue weighted by Crippen LogP contribution is -2.08. The molecule has 1 unspecified atom stereocenters. The average molecular weight is 257 g/mol. The Balaban J connectivity index is 2.18. The summed E-state index contributed by atoms with van der Waals surface area (Å²) in [5, 5.41) is 0. The van der Waals surface area contributed by atoms with Crippen LogP contribution in [0.3, 0.4) is 0 Å². The van der Waals surface area contributed by atoms with Crippen molar-refractivity contribution in [3.05, 3.63) is 34.3 Å². The fourth-order valence-corrected chi connectivity index (χ4v) is 3.57. The molecule has 13 heavy (non-hydrogen) atoms. The Morgan fingerprint density at radius 2 is 2.15 bits per heavy atom. The third-order valence-electron chi connectivity index (χ3n) is 2.51. The molecule has 0 aromatic heterocycles. The van der Waals surface area contributed by atoms with Gasteiger partial charge in [-0.2, -0.15) is 11.8 Å². The minimum Gasteiger partial charge on any atom is -0.161 e. The van der Waals surface area contributed by atoms with Crippen molar-refractivity contribution in [1.29, 1.82) is 0 Å². The summed E-state index contributed by atoms with van der Waals surface area (Å²) in [6.45, 7) is 0. The second-order valence-corrected chi connectivity index (χ2v) is 5.44. The summed E-state index contributed by atoms with van der Waals surface area (Å²) in [5.74, 6) is 3.41. The lowest BCUT2D eigenvalue weighted by molar-refractivity contribution is 0.658. The van der Waals surface area contributed by atoms with E-state index in [0.29, 0.717) is 0 Å². The van der Waals surface area contributed by atoms with Gasteiger partial charge in [0, 0.05) is 10.2 Å². The highest BCUT2D eigenvalue weighted by atomic mass is 79.9. The van der Waals surface area contributed by atoms with Crippen LogP contribution < -0.4 is 0 Å². The van der Waals surface area contributed by atoms with Crippen LogP contribution in [-0.4, -0.2) is 11.5 Å². The first-order valence-electron chi connectivity index (χ1n) is 4.70. The highest BCUT2D eigenvalue weighted by Gasteiger charge is 2.17. The largest absolute Gasteiger partial charge is 0.161 e. The fraction of sp³-hybridized carbons (Fsp3) is 0.455. The van der Waals surface area contributed by atoms with E-state index < -0.39 is 0 Å². The number of halogens is 1. The Labute approximate surface area is 92.2 Å². The van der Waals surface area contributed by atoms with Gasteiger partial charge in [-0.25, -0.2) is 0 Å². The van der Waals surface area contributed by atoms with Crippen LogP contribution in [0.4, 0.5) is 0 Å². The van der Waals surface area contributed by atoms with E-state index in [2.05, 4.69) is 52.0 Å². The molecule has 1 aromatic carbocycles. The normalized spacial score (nSPS) is 23.0. The molecule has 2 rings (SSSR count). The molecular formula is C11H13BrS. The van der Waals surface area contributed by atoms with Gasteiger partial charge in [0.2, 0.25) is 0 Å². The second kappa shape index (κ2) is 4.52. The van der Waals surface area contributed by atoms with Gasteiger partial charge >= 0.3 is 0 Å². The Hall–Kier alpha value is 0.0500. The molecule has 1 aliphatic rings. The van der Waals surface area contributed by atoms with Crippen molar-refractivity contribution >= 4 is 27.7 Å². The van der Waals surface area contributed by atoms with Gasteiger partial charge in [-0.3, -0.25) is 0 Å². The molecular weight excluding hydrogens is 244 g/mol. The first-order valence-corrected chi connectivity index (χ1v) is 6.65. The number of benzene rings is 1. The van der Waals surface area contributed by atoms with Crippen molar-refractivity contribution in [3.63, 3.8) is 0 Å². The lowest BCUT2D eigenvalue weighted by Gasteiger charge is -2.22. The predicted octanol–water partition coefficient (Wildman–Crippen LogP) is 4.06. The molecule has 1 heterocycles. The van der Waals surface area contributed by atoms with Crippen LogP contribution in [0.2, 0.25) is 0 Å². The van der Waals surface area contributed by atoms with E-state index in [4.69, 9.17) is 0 Å². The molecule has 0 bridgehead atoms. The lowest BCUT2D eigenvalue weighted by atomic mass is 9.96. The molecule has 1 fully saturated rings. The minimum absolute atomic E-state index is 0.773. The van der Waals surface area contributed by atoms with Crippen molar-refractivity contribution in [3.8, 4) is 0 Å². The quantitative estimate of drug-likeness (QED) is 0.731. The molecule has 0 spiro atoms. The molecule has 1 saturated heterocycles. The van der Waals surface area contributed by atoms with Crippen molar-refractivity contribution < 1.29 is 0 Å². The minimum atomic E-state index is 0.773. The molecule has 0 aliphatic carbocycles. The average Bonchev–Trinajstić information content (AvgIpc) is 2.20. The molecule has 70 valence electrons. The summed E-state index contributed by atoms with van der Waals surface area (Å²) < 4.78 is 1.28. The third-order valence-corrected chi connectivity index (χ3v) is 4.44.